The van der Waals surface area contributed by atoms with Gasteiger partial charge in [0.1, 0.15) is 0 Å². The number of anilines is 1. The Morgan fingerprint density at radius 2 is 2.00 bits per heavy atom. The van der Waals surface area contributed by atoms with E-state index in [2.05, 4.69) is 10.1 Å². The first kappa shape index (κ1) is 14.0. The lowest BCUT2D eigenvalue weighted by Gasteiger charge is -2.40. The summed E-state index contributed by atoms with van der Waals surface area (Å²) in [5.74, 6) is -0.289. The van der Waals surface area contributed by atoms with Crippen molar-refractivity contribution in [2.24, 2.45) is 5.41 Å². The van der Waals surface area contributed by atoms with E-state index in [-0.39, 0.29) is 18.0 Å². The molecule has 0 amide bonds. The van der Waals surface area contributed by atoms with Crippen LogP contribution in [0.4, 0.5) is 18.9 Å². The third-order valence-electron chi connectivity index (χ3n) is 2.92. The van der Waals surface area contributed by atoms with E-state index < -0.39 is 11.8 Å². The largest absolute Gasteiger partial charge is 0.573 e. The number of halogens is 3. The van der Waals surface area contributed by atoms with E-state index in [9.17, 15) is 18.3 Å². The van der Waals surface area contributed by atoms with Crippen LogP contribution >= 0.6 is 0 Å². The van der Waals surface area contributed by atoms with Gasteiger partial charge in [-0.05, 0) is 12.1 Å². The zero-order valence-electron chi connectivity index (χ0n) is 10.0. The molecule has 106 valence electrons. The fourth-order valence-electron chi connectivity index (χ4n) is 1.75. The van der Waals surface area contributed by atoms with Gasteiger partial charge >= 0.3 is 6.36 Å². The molecule has 1 aromatic rings. The second-order valence-electron chi connectivity index (χ2n) is 4.55. The van der Waals surface area contributed by atoms with Crippen molar-refractivity contribution in [1.29, 1.82) is 0 Å². The predicted molar refractivity (Wildman–Crippen MR) is 62.0 cm³/mol. The first-order valence-corrected chi connectivity index (χ1v) is 5.71. The van der Waals surface area contributed by atoms with Gasteiger partial charge in [-0.2, -0.15) is 0 Å². The van der Waals surface area contributed by atoms with E-state index in [1.54, 1.807) is 6.07 Å². The topological polar surface area (TPSA) is 50.7 Å². The Morgan fingerprint density at radius 3 is 2.53 bits per heavy atom. The lowest BCUT2D eigenvalue weighted by Crippen LogP contribution is -2.50. The molecule has 0 atom stereocenters. The van der Waals surface area contributed by atoms with Crippen molar-refractivity contribution >= 4 is 5.69 Å². The van der Waals surface area contributed by atoms with Crippen LogP contribution in [0.3, 0.4) is 0 Å². The van der Waals surface area contributed by atoms with Crippen LogP contribution in [0, 0.1) is 5.41 Å². The Hall–Kier alpha value is -1.47. The highest BCUT2D eigenvalue weighted by molar-refractivity contribution is 5.56. The third-order valence-corrected chi connectivity index (χ3v) is 2.92. The van der Waals surface area contributed by atoms with Gasteiger partial charge in [-0.1, -0.05) is 12.1 Å². The zero-order chi connectivity index (χ0) is 13.9. The number of rotatable bonds is 5. The summed E-state index contributed by atoms with van der Waals surface area (Å²) in [6, 6.07) is 5.79. The highest BCUT2D eigenvalue weighted by Gasteiger charge is 2.38. The molecule has 0 radical (unpaired) electrons. The molecule has 19 heavy (non-hydrogen) atoms. The molecule has 1 heterocycles. The van der Waals surface area contributed by atoms with Crippen molar-refractivity contribution < 1.29 is 27.8 Å². The molecule has 0 aromatic heterocycles. The van der Waals surface area contributed by atoms with Gasteiger partial charge in [0.15, 0.2) is 5.75 Å². The van der Waals surface area contributed by atoms with E-state index in [0.717, 1.165) is 0 Å². The average Bonchev–Trinajstić information content (AvgIpc) is 2.28. The van der Waals surface area contributed by atoms with E-state index >= 15 is 0 Å². The van der Waals surface area contributed by atoms with Crippen molar-refractivity contribution in [3.63, 3.8) is 0 Å². The Morgan fingerprint density at radius 1 is 1.32 bits per heavy atom. The lowest BCUT2D eigenvalue weighted by molar-refractivity contribution is -0.274. The van der Waals surface area contributed by atoms with Crippen molar-refractivity contribution in [3.05, 3.63) is 24.3 Å². The standard InChI is InChI=1S/C12H14F3NO3/c13-12(14,15)19-10-4-2-1-3-9(10)16-5-11(6-17)7-18-8-11/h1-4,16-17H,5-8H2. The third kappa shape index (κ3) is 3.51. The van der Waals surface area contributed by atoms with Crippen molar-refractivity contribution in [2.75, 3.05) is 31.7 Å². The molecule has 4 nitrogen and oxygen atoms in total. The molecule has 1 aliphatic rings. The van der Waals surface area contributed by atoms with Crippen molar-refractivity contribution in [3.8, 4) is 5.75 Å². The Bertz CT molecular complexity index is 427. The summed E-state index contributed by atoms with van der Waals surface area (Å²) in [4.78, 5) is 0. The molecule has 1 fully saturated rings. The van der Waals surface area contributed by atoms with E-state index in [1.807, 2.05) is 0 Å². The van der Waals surface area contributed by atoms with Crippen LogP contribution in [0.15, 0.2) is 24.3 Å². The lowest BCUT2D eigenvalue weighted by atomic mass is 9.87. The van der Waals surface area contributed by atoms with Crippen LogP contribution in [0.2, 0.25) is 0 Å². The maximum Gasteiger partial charge on any atom is 0.573 e. The van der Waals surface area contributed by atoms with E-state index in [4.69, 9.17) is 4.74 Å². The van der Waals surface area contributed by atoms with Crippen molar-refractivity contribution in [2.45, 2.75) is 6.36 Å². The second kappa shape index (κ2) is 5.26. The van der Waals surface area contributed by atoms with Crippen LogP contribution in [0.25, 0.3) is 0 Å². The summed E-state index contributed by atoms with van der Waals surface area (Å²) in [6.45, 7) is 1.02. The Balaban J connectivity index is 2.03. The zero-order valence-corrected chi connectivity index (χ0v) is 10.0. The maximum absolute atomic E-state index is 12.2. The van der Waals surface area contributed by atoms with Gasteiger partial charge in [0, 0.05) is 6.54 Å². The summed E-state index contributed by atoms with van der Waals surface area (Å²) in [5.41, 5.74) is -0.190. The molecule has 0 saturated carbocycles. The highest BCUT2D eigenvalue weighted by Crippen LogP contribution is 2.32. The Kier molecular flexibility index (Phi) is 3.86. The van der Waals surface area contributed by atoms with Crippen LogP contribution in [0.5, 0.6) is 5.75 Å². The van der Waals surface area contributed by atoms with Gasteiger partial charge in [0.05, 0.1) is 30.9 Å². The fraction of sp³-hybridized carbons (Fsp3) is 0.500. The van der Waals surface area contributed by atoms with Gasteiger partial charge < -0.3 is 19.9 Å². The molecular formula is C12H14F3NO3. The number of aliphatic hydroxyl groups is 1. The summed E-state index contributed by atoms with van der Waals surface area (Å²) >= 11 is 0. The van der Waals surface area contributed by atoms with Crippen molar-refractivity contribution in [1.82, 2.24) is 0 Å². The SMILES string of the molecule is OCC1(CNc2ccccc2OC(F)(F)F)COC1. The number of ether oxygens (including phenoxy) is 2. The molecule has 7 heteroatoms. The summed E-state index contributed by atoms with van der Waals surface area (Å²) < 4.78 is 45.6. The highest BCUT2D eigenvalue weighted by atomic mass is 19.4. The molecule has 0 bridgehead atoms. The normalized spacial score (nSPS) is 17.7. The summed E-state index contributed by atoms with van der Waals surface area (Å²) in [5, 5.41) is 12.1. The van der Waals surface area contributed by atoms with Gasteiger partial charge in [0.2, 0.25) is 0 Å². The van der Waals surface area contributed by atoms with Crippen LogP contribution in [-0.2, 0) is 4.74 Å². The molecule has 0 aliphatic carbocycles. The molecular weight excluding hydrogens is 263 g/mol. The molecule has 2 N–H and O–H groups in total. The molecule has 1 aliphatic heterocycles. The molecule has 1 aromatic carbocycles. The van der Waals surface area contributed by atoms with Gasteiger partial charge in [-0.25, -0.2) is 0 Å². The molecule has 0 spiro atoms. The van der Waals surface area contributed by atoms with E-state index in [0.29, 0.717) is 19.8 Å². The molecule has 0 unspecified atom stereocenters. The first-order chi connectivity index (χ1) is 8.94. The minimum atomic E-state index is -4.73. The van der Waals surface area contributed by atoms with Crippen LogP contribution < -0.4 is 10.1 Å². The minimum absolute atomic E-state index is 0.0811. The van der Waals surface area contributed by atoms with Gasteiger partial charge in [-0.15, -0.1) is 13.2 Å². The quantitative estimate of drug-likeness (QED) is 0.864. The van der Waals surface area contributed by atoms with Gasteiger partial charge in [0.25, 0.3) is 0 Å². The van der Waals surface area contributed by atoms with Crippen LogP contribution in [-0.4, -0.2) is 37.8 Å². The predicted octanol–water partition coefficient (Wildman–Crippen LogP) is 2.01. The molecule has 1 saturated heterocycles. The van der Waals surface area contributed by atoms with Crippen LogP contribution in [0.1, 0.15) is 0 Å². The fourth-order valence-corrected chi connectivity index (χ4v) is 1.75. The number of aliphatic hydroxyl groups excluding tert-OH is 1. The molecule has 2 rings (SSSR count). The smallest absolute Gasteiger partial charge is 0.404 e. The number of para-hydroxylation sites is 2. The maximum atomic E-state index is 12.2. The minimum Gasteiger partial charge on any atom is -0.404 e. The number of alkyl halides is 3. The van der Waals surface area contributed by atoms with Gasteiger partial charge in [-0.3, -0.25) is 0 Å². The number of benzene rings is 1. The Labute approximate surface area is 108 Å². The monoisotopic (exact) mass is 277 g/mol. The number of nitrogens with one attached hydrogen (secondary N) is 1. The summed E-state index contributed by atoms with van der Waals surface area (Å²) in [7, 11) is 0. The summed E-state index contributed by atoms with van der Waals surface area (Å²) in [6.07, 6.45) is -4.73. The first-order valence-electron chi connectivity index (χ1n) is 5.71. The second-order valence-corrected chi connectivity index (χ2v) is 4.55. The number of hydrogen-bond acceptors (Lipinski definition) is 4. The number of hydrogen-bond donors (Lipinski definition) is 2. The average molecular weight is 277 g/mol. The van der Waals surface area contributed by atoms with E-state index in [1.165, 1.54) is 18.2 Å².